The summed E-state index contributed by atoms with van der Waals surface area (Å²) >= 11 is 0.927. The Morgan fingerprint density at radius 3 is 2.35 bits per heavy atom. The van der Waals surface area contributed by atoms with Crippen molar-refractivity contribution in [3.63, 3.8) is 0 Å². The van der Waals surface area contributed by atoms with E-state index in [-0.39, 0.29) is 10.6 Å². The van der Waals surface area contributed by atoms with Gasteiger partial charge in [0.2, 0.25) is 0 Å². The maximum Gasteiger partial charge on any atom is 0.573 e. The topological polar surface area (TPSA) is 18.5 Å². The predicted molar refractivity (Wildman–Crippen MR) is 51.5 cm³/mol. The van der Waals surface area contributed by atoms with Crippen LogP contribution >= 0.6 is 11.8 Å². The molecule has 0 atom stereocenters. The van der Waals surface area contributed by atoms with Crippen LogP contribution in [0.5, 0.6) is 11.5 Å². The van der Waals surface area contributed by atoms with Crippen LogP contribution in [-0.2, 0) is 0 Å². The van der Waals surface area contributed by atoms with Crippen LogP contribution in [0.4, 0.5) is 22.0 Å². The summed E-state index contributed by atoms with van der Waals surface area (Å²) in [5.41, 5.74) is 0. The van der Waals surface area contributed by atoms with E-state index in [1.165, 1.54) is 6.26 Å². The van der Waals surface area contributed by atoms with E-state index >= 15 is 0 Å². The molecule has 0 aliphatic heterocycles. The number of thioether (sulfide) groups is 1. The molecule has 8 heteroatoms. The minimum atomic E-state index is -4.82. The molecule has 0 radical (unpaired) electrons. The van der Waals surface area contributed by atoms with E-state index in [0.717, 1.165) is 30.0 Å². The first-order chi connectivity index (χ1) is 7.81. The van der Waals surface area contributed by atoms with E-state index in [0.29, 0.717) is 0 Å². The Kier molecular flexibility index (Phi) is 4.44. The van der Waals surface area contributed by atoms with Gasteiger partial charge in [-0.1, -0.05) is 0 Å². The molecule has 1 aromatic carbocycles. The predicted octanol–water partition coefficient (Wildman–Crippen LogP) is 3.91. The molecule has 1 aromatic rings. The van der Waals surface area contributed by atoms with Crippen LogP contribution in [0, 0.1) is 0 Å². The van der Waals surface area contributed by atoms with Crippen molar-refractivity contribution in [1.29, 1.82) is 0 Å². The third-order valence-corrected chi connectivity index (χ3v) is 2.34. The summed E-state index contributed by atoms with van der Waals surface area (Å²) in [4.78, 5) is 0.0560. The Labute approximate surface area is 97.7 Å². The van der Waals surface area contributed by atoms with Crippen molar-refractivity contribution < 1.29 is 31.4 Å². The van der Waals surface area contributed by atoms with E-state index in [1.54, 1.807) is 0 Å². The zero-order chi connectivity index (χ0) is 13.1. The molecule has 0 aliphatic rings. The number of halogens is 5. The molecule has 1 rings (SSSR count). The van der Waals surface area contributed by atoms with Crippen molar-refractivity contribution in [1.82, 2.24) is 0 Å². The SMILES string of the molecule is CSc1cc(OC(F)F)ccc1OC(F)(F)F. The molecule has 0 heterocycles. The third-order valence-electron chi connectivity index (χ3n) is 1.59. The van der Waals surface area contributed by atoms with Gasteiger partial charge in [-0.05, 0) is 24.5 Å². The molecule has 0 saturated carbocycles. The van der Waals surface area contributed by atoms with Crippen molar-refractivity contribution in [2.45, 2.75) is 17.9 Å². The number of hydrogen-bond acceptors (Lipinski definition) is 3. The van der Waals surface area contributed by atoms with Gasteiger partial charge in [0.15, 0.2) is 0 Å². The molecular weight excluding hydrogens is 267 g/mol. The molecule has 0 aliphatic carbocycles. The smallest absolute Gasteiger partial charge is 0.435 e. The van der Waals surface area contributed by atoms with Gasteiger partial charge >= 0.3 is 13.0 Å². The standard InChI is InChI=1S/C9H7F5O2S/c1-17-7-4-5(15-8(10)11)2-3-6(7)16-9(12,13)14/h2-4,8H,1H3. The van der Waals surface area contributed by atoms with Gasteiger partial charge in [0, 0.05) is 0 Å². The molecule has 0 aromatic heterocycles. The van der Waals surface area contributed by atoms with Crippen molar-refractivity contribution in [3.8, 4) is 11.5 Å². The molecule has 0 unspecified atom stereocenters. The minimum absolute atomic E-state index is 0.0560. The van der Waals surface area contributed by atoms with Gasteiger partial charge in [0.1, 0.15) is 11.5 Å². The molecule has 0 spiro atoms. The molecule has 17 heavy (non-hydrogen) atoms. The van der Waals surface area contributed by atoms with E-state index in [9.17, 15) is 22.0 Å². The first-order valence-corrected chi connectivity index (χ1v) is 5.43. The first-order valence-electron chi connectivity index (χ1n) is 4.20. The van der Waals surface area contributed by atoms with Gasteiger partial charge < -0.3 is 9.47 Å². The fraction of sp³-hybridized carbons (Fsp3) is 0.333. The lowest BCUT2D eigenvalue weighted by atomic mass is 10.3. The highest BCUT2D eigenvalue weighted by atomic mass is 32.2. The lowest BCUT2D eigenvalue weighted by molar-refractivity contribution is -0.275. The summed E-state index contributed by atoms with van der Waals surface area (Å²) in [7, 11) is 0. The normalized spacial score (nSPS) is 11.7. The van der Waals surface area contributed by atoms with Gasteiger partial charge in [0.25, 0.3) is 0 Å². The average Bonchev–Trinajstić information content (AvgIpc) is 2.17. The summed E-state index contributed by atoms with van der Waals surface area (Å²) in [6, 6.07) is 2.96. The fourth-order valence-corrected chi connectivity index (χ4v) is 1.58. The van der Waals surface area contributed by atoms with Gasteiger partial charge in [0.05, 0.1) is 4.90 Å². The van der Waals surface area contributed by atoms with Crippen LogP contribution in [0.2, 0.25) is 0 Å². The second-order valence-corrected chi connectivity index (χ2v) is 3.59. The molecule has 0 fully saturated rings. The van der Waals surface area contributed by atoms with E-state index in [2.05, 4.69) is 9.47 Å². The van der Waals surface area contributed by atoms with Crippen molar-refractivity contribution >= 4 is 11.8 Å². The molecule has 0 bridgehead atoms. The zero-order valence-electron chi connectivity index (χ0n) is 8.42. The van der Waals surface area contributed by atoms with Crippen LogP contribution in [0.15, 0.2) is 23.1 Å². The van der Waals surface area contributed by atoms with Crippen LogP contribution in [-0.4, -0.2) is 19.2 Å². The van der Waals surface area contributed by atoms with E-state index in [1.807, 2.05) is 0 Å². The van der Waals surface area contributed by atoms with Crippen molar-refractivity contribution in [2.24, 2.45) is 0 Å². The van der Waals surface area contributed by atoms with E-state index < -0.39 is 18.7 Å². The summed E-state index contributed by atoms with van der Waals surface area (Å²) < 4.78 is 67.5. The number of rotatable bonds is 4. The fourth-order valence-electron chi connectivity index (χ4n) is 1.03. The monoisotopic (exact) mass is 274 g/mol. The molecule has 96 valence electrons. The Balaban J connectivity index is 2.93. The number of alkyl halides is 5. The number of hydrogen-bond donors (Lipinski definition) is 0. The van der Waals surface area contributed by atoms with Gasteiger partial charge in [-0.25, -0.2) is 0 Å². The number of ether oxygens (including phenoxy) is 2. The van der Waals surface area contributed by atoms with Crippen molar-refractivity contribution in [3.05, 3.63) is 18.2 Å². The molecular formula is C9H7F5O2S. The van der Waals surface area contributed by atoms with Crippen LogP contribution in [0.25, 0.3) is 0 Å². The highest BCUT2D eigenvalue weighted by Gasteiger charge is 2.32. The quantitative estimate of drug-likeness (QED) is 0.612. The second kappa shape index (κ2) is 5.44. The Hall–Kier alpha value is -1.18. The largest absolute Gasteiger partial charge is 0.573 e. The van der Waals surface area contributed by atoms with Crippen LogP contribution < -0.4 is 9.47 Å². The Morgan fingerprint density at radius 2 is 1.88 bits per heavy atom. The summed E-state index contributed by atoms with van der Waals surface area (Å²) in [5.74, 6) is -0.675. The highest BCUT2D eigenvalue weighted by Crippen LogP contribution is 2.35. The zero-order valence-corrected chi connectivity index (χ0v) is 9.24. The Bertz CT molecular complexity index is 380. The summed E-state index contributed by atoms with van der Waals surface area (Å²) in [5, 5.41) is 0. The molecule has 0 N–H and O–H groups in total. The average molecular weight is 274 g/mol. The minimum Gasteiger partial charge on any atom is -0.435 e. The first kappa shape index (κ1) is 13.9. The lowest BCUT2D eigenvalue weighted by Crippen LogP contribution is -2.17. The summed E-state index contributed by atoms with van der Waals surface area (Å²) in [6.45, 7) is -3.03. The lowest BCUT2D eigenvalue weighted by Gasteiger charge is -2.13. The number of benzene rings is 1. The van der Waals surface area contributed by atoms with Gasteiger partial charge in [-0.3, -0.25) is 0 Å². The third kappa shape index (κ3) is 4.68. The van der Waals surface area contributed by atoms with Crippen LogP contribution in [0.1, 0.15) is 0 Å². The maximum atomic E-state index is 12.0. The summed E-state index contributed by atoms with van der Waals surface area (Å²) in [6.07, 6.45) is -3.33. The van der Waals surface area contributed by atoms with Crippen LogP contribution in [0.3, 0.4) is 0 Å². The molecule has 2 nitrogen and oxygen atoms in total. The van der Waals surface area contributed by atoms with Gasteiger partial charge in [-0.15, -0.1) is 24.9 Å². The second-order valence-electron chi connectivity index (χ2n) is 2.74. The van der Waals surface area contributed by atoms with Gasteiger partial charge in [-0.2, -0.15) is 8.78 Å². The van der Waals surface area contributed by atoms with E-state index in [4.69, 9.17) is 0 Å². The highest BCUT2D eigenvalue weighted by molar-refractivity contribution is 7.98. The molecule has 0 amide bonds. The molecule has 0 saturated heterocycles. The maximum absolute atomic E-state index is 12.0. The van der Waals surface area contributed by atoms with Crippen molar-refractivity contribution in [2.75, 3.05) is 6.26 Å². The Morgan fingerprint density at radius 1 is 1.24 bits per heavy atom.